The number of carbonyl (C=O) groups excluding carboxylic acids is 1. The van der Waals surface area contributed by atoms with Crippen LogP contribution in [0.2, 0.25) is 0 Å². The zero-order valence-corrected chi connectivity index (χ0v) is 15.2. The average molecular weight is 357 g/mol. The molecule has 0 atom stereocenters. The van der Waals surface area contributed by atoms with Gasteiger partial charge in [-0.25, -0.2) is 0 Å². The van der Waals surface area contributed by atoms with Crippen LogP contribution in [-0.4, -0.2) is 40.4 Å². The zero-order chi connectivity index (χ0) is 18.8. The number of hydrogen-bond acceptors (Lipinski definition) is 5. The molecule has 0 aliphatic carbocycles. The van der Waals surface area contributed by atoms with Crippen molar-refractivity contribution in [2.45, 2.75) is 0 Å². The lowest BCUT2D eigenvalue weighted by molar-refractivity contribution is -0.116. The lowest BCUT2D eigenvalue weighted by atomic mass is 10.1. The number of amides is 1. The molecular formula is C20H23NO5. The van der Waals surface area contributed by atoms with Gasteiger partial charge in [0.05, 0.1) is 27.9 Å². The molecule has 6 nitrogen and oxygen atoms in total. The molecular weight excluding hydrogens is 334 g/mol. The Kier molecular flexibility index (Phi) is 7.36. The Bertz CT molecular complexity index is 758. The van der Waals surface area contributed by atoms with E-state index in [9.17, 15) is 4.79 Å². The first-order chi connectivity index (χ1) is 12.7. The van der Waals surface area contributed by atoms with E-state index in [0.29, 0.717) is 30.4 Å². The van der Waals surface area contributed by atoms with E-state index in [2.05, 4.69) is 5.32 Å². The summed E-state index contributed by atoms with van der Waals surface area (Å²) in [6.07, 6.45) is 3.13. The largest absolute Gasteiger partial charge is 0.497 e. The van der Waals surface area contributed by atoms with Gasteiger partial charge in [0.25, 0.3) is 0 Å². The van der Waals surface area contributed by atoms with E-state index in [1.165, 1.54) is 6.08 Å². The Morgan fingerprint density at radius 2 is 1.69 bits per heavy atom. The molecule has 2 rings (SSSR count). The summed E-state index contributed by atoms with van der Waals surface area (Å²) in [6.45, 7) is 0.741. The van der Waals surface area contributed by atoms with Gasteiger partial charge < -0.3 is 24.3 Å². The lowest BCUT2D eigenvalue weighted by Crippen LogP contribution is -2.26. The second-order valence-electron chi connectivity index (χ2n) is 5.26. The molecule has 1 N–H and O–H groups in total. The van der Waals surface area contributed by atoms with Gasteiger partial charge in [-0.3, -0.25) is 4.79 Å². The van der Waals surface area contributed by atoms with E-state index in [0.717, 1.165) is 11.3 Å². The van der Waals surface area contributed by atoms with Crippen LogP contribution >= 0.6 is 0 Å². The van der Waals surface area contributed by atoms with Gasteiger partial charge in [0.15, 0.2) is 0 Å². The highest BCUT2D eigenvalue weighted by Crippen LogP contribution is 2.25. The minimum absolute atomic E-state index is 0.218. The molecule has 0 aliphatic rings. The van der Waals surface area contributed by atoms with Gasteiger partial charge in [0, 0.05) is 17.7 Å². The normalized spacial score (nSPS) is 10.4. The molecule has 0 saturated heterocycles. The summed E-state index contributed by atoms with van der Waals surface area (Å²) in [6, 6.07) is 12.7. The minimum atomic E-state index is -0.218. The van der Waals surface area contributed by atoms with Crippen LogP contribution in [0.5, 0.6) is 23.0 Å². The molecule has 0 fully saturated rings. The van der Waals surface area contributed by atoms with Crippen LogP contribution in [0.3, 0.4) is 0 Å². The fourth-order valence-electron chi connectivity index (χ4n) is 2.23. The van der Waals surface area contributed by atoms with Gasteiger partial charge in [-0.2, -0.15) is 0 Å². The summed E-state index contributed by atoms with van der Waals surface area (Å²) in [5.74, 6) is 2.55. The van der Waals surface area contributed by atoms with Gasteiger partial charge in [-0.15, -0.1) is 0 Å². The van der Waals surface area contributed by atoms with Crippen molar-refractivity contribution in [3.63, 3.8) is 0 Å². The van der Waals surface area contributed by atoms with Crippen molar-refractivity contribution in [2.24, 2.45) is 0 Å². The fraction of sp³-hybridized carbons (Fsp3) is 0.250. The monoisotopic (exact) mass is 357 g/mol. The van der Waals surface area contributed by atoms with Crippen LogP contribution in [0, 0.1) is 0 Å². The summed E-state index contributed by atoms with van der Waals surface area (Å²) in [7, 11) is 4.77. The number of benzene rings is 2. The molecule has 0 aliphatic heterocycles. The molecule has 0 unspecified atom stereocenters. The Morgan fingerprint density at radius 3 is 2.42 bits per heavy atom. The lowest BCUT2D eigenvalue weighted by Gasteiger charge is -2.08. The van der Waals surface area contributed by atoms with Crippen LogP contribution in [0.15, 0.2) is 48.5 Å². The van der Waals surface area contributed by atoms with E-state index >= 15 is 0 Å². The maximum atomic E-state index is 11.9. The molecule has 0 bridgehead atoms. The van der Waals surface area contributed by atoms with Crippen LogP contribution in [0.1, 0.15) is 5.56 Å². The minimum Gasteiger partial charge on any atom is -0.497 e. The second kappa shape index (κ2) is 9.98. The predicted octanol–water partition coefficient (Wildman–Crippen LogP) is 2.92. The quantitative estimate of drug-likeness (QED) is 0.552. The maximum absolute atomic E-state index is 11.9. The third-order valence-electron chi connectivity index (χ3n) is 3.56. The van der Waals surface area contributed by atoms with Crippen molar-refractivity contribution in [2.75, 3.05) is 34.5 Å². The van der Waals surface area contributed by atoms with Crippen molar-refractivity contribution in [1.82, 2.24) is 5.32 Å². The van der Waals surface area contributed by atoms with Gasteiger partial charge in [0.2, 0.25) is 5.91 Å². The summed E-state index contributed by atoms with van der Waals surface area (Å²) >= 11 is 0. The van der Waals surface area contributed by atoms with E-state index in [1.807, 2.05) is 18.2 Å². The summed E-state index contributed by atoms with van der Waals surface area (Å²) < 4.78 is 21.2. The number of rotatable bonds is 9. The highest BCUT2D eigenvalue weighted by atomic mass is 16.5. The molecule has 6 heteroatoms. The second-order valence-corrected chi connectivity index (χ2v) is 5.26. The van der Waals surface area contributed by atoms with Crippen LogP contribution < -0.4 is 24.3 Å². The molecule has 26 heavy (non-hydrogen) atoms. The highest BCUT2D eigenvalue weighted by molar-refractivity contribution is 5.92. The fourth-order valence-corrected chi connectivity index (χ4v) is 2.23. The summed E-state index contributed by atoms with van der Waals surface area (Å²) in [5.41, 5.74) is 0.759. The molecule has 2 aromatic carbocycles. The molecule has 0 radical (unpaired) electrons. The standard InChI is InChI=1S/C20H23NO5/c1-23-16-5-4-6-18(14-16)26-12-11-21-20(22)10-7-15-13-17(24-2)8-9-19(15)25-3/h4-10,13-14H,11-12H2,1-3H3,(H,21,22)/b10-7+. The molecule has 0 saturated carbocycles. The van der Waals surface area contributed by atoms with E-state index in [-0.39, 0.29) is 5.91 Å². The first-order valence-electron chi connectivity index (χ1n) is 8.11. The Hall–Kier alpha value is -3.15. The van der Waals surface area contributed by atoms with Crippen molar-refractivity contribution >= 4 is 12.0 Å². The van der Waals surface area contributed by atoms with Crippen molar-refractivity contribution in [3.8, 4) is 23.0 Å². The summed E-state index contributed by atoms with van der Waals surface area (Å²) in [5, 5.41) is 2.76. The number of methoxy groups -OCH3 is 3. The molecule has 1 amide bonds. The number of nitrogens with one attached hydrogen (secondary N) is 1. The molecule has 0 heterocycles. The smallest absolute Gasteiger partial charge is 0.244 e. The van der Waals surface area contributed by atoms with E-state index in [1.54, 1.807) is 51.7 Å². The van der Waals surface area contributed by atoms with Crippen molar-refractivity contribution < 1.29 is 23.7 Å². The van der Waals surface area contributed by atoms with E-state index < -0.39 is 0 Å². The van der Waals surface area contributed by atoms with Crippen LogP contribution in [-0.2, 0) is 4.79 Å². The zero-order valence-electron chi connectivity index (χ0n) is 15.2. The summed E-state index contributed by atoms with van der Waals surface area (Å²) in [4.78, 5) is 11.9. The Morgan fingerprint density at radius 1 is 0.962 bits per heavy atom. The first-order valence-corrected chi connectivity index (χ1v) is 8.11. The highest BCUT2D eigenvalue weighted by Gasteiger charge is 2.03. The van der Waals surface area contributed by atoms with Crippen molar-refractivity contribution in [3.05, 3.63) is 54.1 Å². The van der Waals surface area contributed by atoms with Crippen molar-refractivity contribution in [1.29, 1.82) is 0 Å². The maximum Gasteiger partial charge on any atom is 0.244 e. The van der Waals surface area contributed by atoms with Gasteiger partial charge in [-0.1, -0.05) is 6.07 Å². The molecule has 2 aromatic rings. The van der Waals surface area contributed by atoms with Crippen LogP contribution in [0.25, 0.3) is 6.08 Å². The SMILES string of the molecule is COc1cccc(OCCNC(=O)/C=C/c2cc(OC)ccc2OC)c1. The molecule has 138 valence electrons. The third kappa shape index (κ3) is 5.73. The Balaban J connectivity index is 1.82. The van der Waals surface area contributed by atoms with Gasteiger partial charge >= 0.3 is 0 Å². The third-order valence-corrected chi connectivity index (χ3v) is 3.56. The number of carbonyl (C=O) groups is 1. The van der Waals surface area contributed by atoms with E-state index in [4.69, 9.17) is 18.9 Å². The molecule has 0 aromatic heterocycles. The number of ether oxygens (including phenoxy) is 4. The Labute approximate surface area is 153 Å². The number of hydrogen-bond donors (Lipinski definition) is 1. The van der Waals surface area contributed by atoms with Crippen LogP contribution in [0.4, 0.5) is 0 Å². The first kappa shape index (κ1) is 19.2. The van der Waals surface area contributed by atoms with Gasteiger partial charge in [0.1, 0.15) is 29.6 Å². The molecule has 0 spiro atoms. The predicted molar refractivity (Wildman–Crippen MR) is 100 cm³/mol. The topological polar surface area (TPSA) is 66.0 Å². The average Bonchev–Trinajstić information content (AvgIpc) is 2.69. The van der Waals surface area contributed by atoms with Gasteiger partial charge in [-0.05, 0) is 36.4 Å².